The van der Waals surface area contributed by atoms with Crippen molar-refractivity contribution in [1.82, 2.24) is 0 Å². The largest absolute Gasteiger partial charge is 0.508 e. The molecule has 0 aliphatic carbocycles. The van der Waals surface area contributed by atoms with Gasteiger partial charge in [-0.1, -0.05) is 61.2 Å². The van der Waals surface area contributed by atoms with E-state index in [1.807, 2.05) is 55.5 Å². The molecule has 0 aliphatic heterocycles. The maximum Gasteiger partial charge on any atom is 0.123 e. The van der Waals surface area contributed by atoms with Crippen molar-refractivity contribution in [1.29, 1.82) is 0 Å². The van der Waals surface area contributed by atoms with Gasteiger partial charge in [-0.3, -0.25) is 0 Å². The number of rotatable bonds is 5. The first-order valence-corrected chi connectivity index (χ1v) is 9.58. The number of benzene rings is 3. The molecule has 0 saturated carbocycles. The predicted molar refractivity (Wildman–Crippen MR) is 127 cm³/mol. The zero-order chi connectivity index (χ0) is 22.4. The molecule has 0 aliphatic rings. The van der Waals surface area contributed by atoms with Gasteiger partial charge in [0.2, 0.25) is 0 Å². The second-order valence-electron chi connectivity index (χ2n) is 6.62. The Balaban J connectivity index is 0.000000225. The smallest absolute Gasteiger partial charge is 0.123 e. The zero-order valence-electron chi connectivity index (χ0n) is 17.5. The molecule has 156 valence electrons. The Morgan fingerprint density at radius 2 is 1.33 bits per heavy atom. The van der Waals surface area contributed by atoms with Gasteiger partial charge >= 0.3 is 0 Å². The highest BCUT2D eigenvalue weighted by molar-refractivity contribution is 5.66. The van der Waals surface area contributed by atoms with Crippen molar-refractivity contribution in [3.8, 4) is 17.2 Å². The van der Waals surface area contributed by atoms with E-state index in [0.717, 1.165) is 29.5 Å². The molecule has 3 rings (SSSR count). The fourth-order valence-electron chi connectivity index (χ4n) is 2.48. The van der Waals surface area contributed by atoms with Crippen LogP contribution in [-0.4, -0.2) is 15.3 Å². The van der Waals surface area contributed by atoms with E-state index in [4.69, 9.17) is 10.2 Å². The molecule has 0 fully saturated rings. The molecular weight excluding hydrogens is 372 g/mol. The van der Waals surface area contributed by atoms with E-state index in [2.05, 4.69) is 19.7 Å². The fourth-order valence-corrected chi connectivity index (χ4v) is 2.48. The lowest BCUT2D eigenvalue weighted by Gasteiger charge is -2.00. The number of hydrogen-bond donors (Lipinski definition) is 3. The number of phenolic OH excluding ortho intramolecular Hbond substituents is 3. The van der Waals surface area contributed by atoms with Crippen LogP contribution >= 0.6 is 0 Å². The number of para-hydroxylation sites is 1. The minimum absolute atomic E-state index is 0.301. The highest BCUT2D eigenvalue weighted by Crippen LogP contribution is 2.22. The maximum atomic E-state index is 9.22. The molecule has 0 radical (unpaired) electrons. The molecule has 0 atom stereocenters. The number of aromatic hydroxyl groups is 3. The van der Waals surface area contributed by atoms with Gasteiger partial charge in [0.05, 0.1) is 0 Å². The molecule has 0 spiro atoms. The summed E-state index contributed by atoms with van der Waals surface area (Å²) in [5, 5.41) is 27.1. The SMILES string of the molecule is C=C(C)c1ccccc1O.C=CCc1ccc(O)cc1.C=CCc1cccc(O)c1. The van der Waals surface area contributed by atoms with Gasteiger partial charge in [0.25, 0.3) is 0 Å². The van der Waals surface area contributed by atoms with Crippen molar-refractivity contribution in [2.45, 2.75) is 19.8 Å². The van der Waals surface area contributed by atoms with E-state index in [9.17, 15) is 5.11 Å². The van der Waals surface area contributed by atoms with Crippen LogP contribution in [0.2, 0.25) is 0 Å². The van der Waals surface area contributed by atoms with Crippen LogP contribution in [0, 0.1) is 0 Å². The molecule has 3 N–H and O–H groups in total. The van der Waals surface area contributed by atoms with Gasteiger partial charge in [-0.25, -0.2) is 0 Å². The Morgan fingerprint density at radius 3 is 1.83 bits per heavy atom. The van der Waals surface area contributed by atoms with E-state index in [-0.39, 0.29) is 0 Å². The minimum Gasteiger partial charge on any atom is -0.508 e. The van der Waals surface area contributed by atoms with Crippen molar-refractivity contribution in [2.24, 2.45) is 0 Å². The summed E-state index contributed by atoms with van der Waals surface area (Å²) in [5.74, 6) is 0.933. The molecule has 0 saturated heterocycles. The molecule has 3 aromatic rings. The summed E-state index contributed by atoms with van der Waals surface area (Å²) >= 11 is 0. The minimum atomic E-state index is 0.301. The van der Waals surface area contributed by atoms with Gasteiger partial charge in [-0.15, -0.1) is 13.2 Å². The lowest BCUT2D eigenvalue weighted by atomic mass is 10.1. The van der Waals surface area contributed by atoms with Crippen LogP contribution in [0.1, 0.15) is 23.6 Å². The topological polar surface area (TPSA) is 60.7 Å². The molecule has 3 heteroatoms. The molecular formula is C27H30O3. The first-order chi connectivity index (χ1) is 14.4. The monoisotopic (exact) mass is 402 g/mol. The molecule has 3 aromatic carbocycles. The summed E-state index contributed by atoms with van der Waals surface area (Å²) < 4.78 is 0. The van der Waals surface area contributed by atoms with E-state index >= 15 is 0 Å². The summed E-state index contributed by atoms with van der Waals surface area (Å²) in [6, 6.07) is 21.5. The molecule has 0 unspecified atom stereocenters. The molecule has 0 amide bonds. The molecule has 3 nitrogen and oxygen atoms in total. The normalized spacial score (nSPS) is 9.23. The van der Waals surface area contributed by atoms with Crippen molar-refractivity contribution in [3.63, 3.8) is 0 Å². The standard InChI is InChI=1S/3C9H10O/c1-7(2)8-5-3-4-6-9(8)10;1-2-4-8-5-3-6-9(10)7-8;1-2-3-8-4-6-9(10)7-5-8/h3-6,10H,1H2,2H3;2-3,5-7,10H,1,4H2;2,4-7,10H,1,3H2. The summed E-state index contributed by atoms with van der Waals surface area (Å²) in [4.78, 5) is 0. The van der Waals surface area contributed by atoms with E-state index in [1.54, 1.807) is 36.4 Å². The van der Waals surface area contributed by atoms with Crippen molar-refractivity contribution in [2.75, 3.05) is 0 Å². The van der Waals surface area contributed by atoms with Gasteiger partial charge in [0.1, 0.15) is 17.2 Å². The highest BCUT2D eigenvalue weighted by atomic mass is 16.3. The van der Waals surface area contributed by atoms with Crippen LogP contribution in [0.3, 0.4) is 0 Å². The van der Waals surface area contributed by atoms with Crippen molar-refractivity contribution < 1.29 is 15.3 Å². The van der Waals surface area contributed by atoms with Gasteiger partial charge in [-0.2, -0.15) is 0 Å². The Kier molecular flexibility index (Phi) is 10.9. The Morgan fingerprint density at radius 1 is 0.733 bits per heavy atom. The van der Waals surface area contributed by atoms with Crippen LogP contribution in [0.5, 0.6) is 17.2 Å². The van der Waals surface area contributed by atoms with E-state index in [1.165, 1.54) is 5.56 Å². The maximum absolute atomic E-state index is 9.22. The van der Waals surface area contributed by atoms with E-state index < -0.39 is 0 Å². The summed E-state index contributed by atoms with van der Waals surface area (Å²) in [6.45, 7) is 12.8. The molecule has 0 heterocycles. The van der Waals surface area contributed by atoms with Gasteiger partial charge in [-0.05, 0) is 66.8 Å². The van der Waals surface area contributed by atoms with Crippen molar-refractivity contribution in [3.05, 3.63) is 121 Å². The van der Waals surface area contributed by atoms with Crippen molar-refractivity contribution >= 4 is 5.57 Å². The first-order valence-electron chi connectivity index (χ1n) is 9.58. The fraction of sp³-hybridized carbons (Fsp3) is 0.111. The second kappa shape index (κ2) is 13.5. The lowest BCUT2D eigenvalue weighted by molar-refractivity contribution is 0.473. The predicted octanol–water partition coefficient (Wildman–Crippen LogP) is 6.67. The second-order valence-corrected chi connectivity index (χ2v) is 6.62. The average Bonchev–Trinajstić information content (AvgIpc) is 2.71. The third kappa shape index (κ3) is 9.47. The zero-order valence-corrected chi connectivity index (χ0v) is 17.5. The number of phenols is 3. The Labute approximate surface area is 179 Å². The Bertz CT molecular complexity index is 940. The van der Waals surface area contributed by atoms with Gasteiger partial charge in [0, 0.05) is 5.56 Å². The first kappa shape index (κ1) is 24.3. The van der Waals surface area contributed by atoms with Crippen LogP contribution in [0.4, 0.5) is 0 Å². The third-order valence-electron chi connectivity index (χ3n) is 3.97. The molecule has 0 bridgehead atoms. The number of allylic oxidation sites excluding steroid dienone is 3. The average molecular weight is 403 g/mol. The van der Waals surface area contributed by atoms with E-state index in [0.29, 0.717) is 17.2 Å². The highest BCUT2D eigenvalue weighted by Gasteiger charge is 1.97. The van der Waals surface area contributed by atoms with Crippen LogP contribution in [0.25, 0.3) is 5.57 Å². The Hall–Kier alpha value is -3.72. The van der Waals surface area contributed by atoms with Crippen LogP contribution in [0.15, 0.2) is 105 Å². The third-order valence-corrected chi connectivity index (χ3v) is 3.97. The molecule has 30 heavy (non-hydrogen) atoms. The van der Waals surface area contributed by atoms with Gasteiger partial charge in [0.15, 0.2) is 0 Å². The number of hydrogen-bond acceptors (Lipinski definition) is 3. The summed E-state index contributed by atoms with van der Waals surface area (Å²) in [5.41, 5.74) is 3.98. The van der Waals surface area contributed by atoms with Gasteiger partial charge < -0.3 is 15.3 Å². The quantitative estimate of drug-likeness (QED) is 0.418. The summed E-state index contributed by atoms with van der Waals surface area (Å²) in [7, 11) is 0. The van der Waals surface area contributed by atoms with Crippen LogP contribution < -0.4 is 0 Å². The lowest BCUT2D eigenvalue weighted by Crippen LogP contribution is -1.77. The summed E-state index contributed by atoms with van der Waals surface area (Å²) in [6.07, 6.45) is 5.33. The molecule has 0 aromatic heterocycles. The van der Waals surface area contributed by atoms with Crippen LogP contribution in [-0.2, 0) is 12.8 Å².